The molecule has 0 aliphatic carbocycles. The number of nitrogens with zero attached hydrogens (tertiary/aromatic N) is 1. The highest BCUT2D eigenvalue weighted by atomic mass is 32.2. The zero-order valence-corrected chi connectivity index (χ0v) is 12.5. The molecular weight excluding hydrogens is 291 g/mol. The molecule has 0 bridgehead atoms. The van der Waals surface area contributed by atoms with Gasteiger partial charge in [0.05, 0.1) is 11.4 Å². The molecule has 0 atom stereocenters. The molecule has 0 heterocycles. The van der Waals surface area contributed by atoms with E-state index in [1.807, 2.05) is 0 Å². The fraction of sp³-hybridized carbons (Fsp3) is 0.200. The summed E-state index contributed by atoms with van der Waals surface area (Å²) in [5.74, 6) is -0.619. The molecule has 0 aliphatic rings. The fourth-order valence-electron chi connectivity index (χ4n) is 2.07. The number of rotatable bonds is 5. The van der Waals surface area contributed by atoms with E-state index in [-0.39, 0.29) is 12.3 Å². The van der Waals surface area contributed by atoms with E-state index in [0.29, 0.717) is 16.9 Å². The van der Waals surface area contributed by atoms with Gasteiger partial charge in [-0.3, -0.25) is 4.31 Å². The highest BCUT2D eigenvalue weighted by molar-refractivity contribution is 7.92. The predicted molar refractivity (Wildman–Crippen MR) is 82.9 cm³/mol. The third kappa shape index (κ3) is 3.72. The van der Waals surface area contributed by atoms with Gasteiger partial charge >= 0.3 is 0 Å². The number of hydrogen-bond donors (Lipinski definition) is 1. The predicted octanol–water partition coefficient (Wildman–Crippen LogP) is 2.76. The molecule has 6 heteroatoms. The van der Waals surface area contributed by atoms with E-state index in [1.165, 1.54) is 22.5 Å². The quantitative estimate of drug-likeness (QED) is 0.864. The first-order valence-electron chi connectivity index (χ1n) is 6.53. The van der Waals surface area contributed by atoms with Crippen LogP contribution in [0.2, 0.25) is 0 Å². The molecule has 0 spiro atoms. The molecule has 2 aromatic carbocycles. The van der Waals surface area contributed by atoms with Crippen molar-refractivity contribution in [3.63, 3.8) is 0 Å². The van der Waals surface area contributed by atoms with E-state index in [2.05, 4.69) is 0 Å². The van der Waals surface area contributed by atoms with Gasteiger partial charge in [-0.2, -0.15) is 0 Å². The van der Waals surface area contributed by atoms with Crippen molar-refractivity contribution in [3.8, 4) is 0 Å². The minimum absolute atomic E-state index is 0.155. The zero-order valence-electron chi connectivity index (χ0n) is 11.7. The van der Waals surface area contributed by atoms with Crippen LogP contribution < -0.4 is 10.0 Å². The second kappa shape index (κ2) is 6.13. The Hall–Kier alpha value is -2.08. The van der Waals surface area contributed by atoms with E-state index in [9.17, 15) is 12.8 Å². The minimum atomic E-state index is -3.58. The Balaban J connectivity index is 2.29. The molecule has 0 fully saturated rings. The molecule has 2 rings (SSSR count). The maximum absolute atomic E-state index is 13.3. The van der Waals surface area contributed by atoms with Gasteiger partial charge in [0, 0.05) is 12.2 Å². The monoisotopic (exact) mass is 308 g/mol. The molecule has 21 heavy (non-hydrogen) atoms. The summed E-state index contributed by atoms with van der Waals surface area (Å²) in [5.41, 5.74) is 7.12. The van der Waals surface area contributed by atoms with E-state index < -0.39 is 15.8 Å². The van der Waals surface area contributed by atoms with E-state index in [0.717, 1.165) is 0 Å². The lowest BCUT2D eigenvalue weighted by Gasteiger charge is -2.23. The lowest BCUT2D eigenvalue weighted by atomic mass is 10.2. The first-order chi connectivity index (χ1) is 9.92. The van der Waals surface area contributed by atoms with Crippen LogP contribution in [0.15, 0.2) is 48.5 Å². The summed E-state index contributed by atoms with van der Waals surface area (Å²) in [7, 11) is -3.58. The van der Waals surface area contributed by atoms with Gasteiger partial charge in [0.2, 0.25) is 10.0 Å². The van der Waals surface area contributed by atoms with Crippen molar-refractivity contribution in [3.05, 3.63) is 59.9 Å². The van der Waals surface area contributed by atoms with Crippen LogP contribution in [0.5, 0.6) is 0 Å². The summed E-state index contributed by atoms with van der Waals surface area (Å²) in [6.45, 7) is 1.95. The maximum Gasteiger partial charge on any atom is 0.239 e. The van der Waals surface area contributed by atoms with Crippen molar-refractivity contribution in [1.29, 1.82) is 0 Å². The molecular formula is C15H17FN2O2S. The first-order valence-corrected chi connectivity index (χ1v) is 8.13. The summed E-state index contributed by atoms with van der Waals surface area (Å²) in [4.78, 5) is 0. The summed E-state index contributed by atoms with van der Waals surface area (Å²) in [6, 6.07) is 12.2. The average Bonchev–Trinajstić information content (AvgIpc) is 2.42. The third-order valence-corrected chi connectivity index (χ3v) is 4.89. The number of nitrogen functional groups attached to an aromatic ring is 1. The van der Waals surface area contributed by atoms with Crippen molar-refractivity contribution < 1.29 is 12.8 Å². The number of sulfonamides is 1. The Morgan fingerprint density at radius 1 is 1.14 bits per heavy atom. The smallest absolute Gasteiger partial charge is 0.239 e. The number of halogens is 1. The molecule has 0 aliphatic heterocycles. The van der Waals surface area contributed by atoms with Crippen molar-refractivity contribution in [2.24, 2.45) is 0 Å². The maximum atomic E-state index is 13.3. The van der Waals surface area contributed by atoms with Gasteiger partial charge in [0.1, 0.15) is 5.82 Å². The second-order valence-electron chi connectivity index (χ2n) is 4.64. The second-order valence-corrected chi connectivity index (χ2v) is 6.54. The van der Waals surface area contributed by atoms with Gasteiger partial charge < -0.3 is 5.73 Å². The van der Waals surface area contributed by atoms with Crippen molar-refractivity contribution in [2.45, 2.75) is 12.7 Å². The summed E-state index contributed by atoms with van der Waals surface area (Å²) in [5, 5.41) is 0. The van der Waals surface area contributed by atoms with Crippen LogP contribution in [0.25, 0.3) is 0 Å². The molecule has 0 amide bonds. The topological polar surface area (TPSA) is 63.4 Å². The first kappa shape index (κ1) is 15.3. The van der Waals surface area contributed by atoms with Crippen molar-refractivity contribution in [2.75, 3.05) is 16.6 Å². The summed E-state index contributed by atoms with van der Waals surface area (Å²) >= 11 is 0. The fourth-order valence-corrected chi connectivity index (χ4v) is 3.67. The number of nitrogens with two attached hydrogens (primary N) is 1. The van der Waals surface area contributed by atoms with Gasteiger partial charge in [-0.05, 0) is 42.8 Å². The summed E-state index contributed by atoms with van der Waals surface area (Å²) in [6.07, 6.45) is 0. The van der Waals surface area contributed by atoms with Gasteiger partial charge in [-0.25, -0.2) is 12.8 Å². The Bertz CT molecular complexity index is 715. The van der Waals surface area contributed by atoms with Crippen molar-refractivity contribution in [1.82, 2.24) is 0 Å². The van der Waals surface area contributed by atoms with Crippen LogP contribution in [0.1, 0.15) is 12.5 Å². The average molecular weight is 308 g/mol. The van der Waals surface area contributed by atoms with Gasteiger partial charge in [0.15, 0.2) is 0 Å². The molecule has 0 saturated heterocycles. The molecule has 0 radical (unpaired) electrons. The number of hydrogen-bond acceptors (Lipinski definition) is 3. The molecule has 4 nitrogen and oxygen atoms in total. The zero-order chi connectivity index (χ0) is 15.5. The van der Waals surface area contributed by atoms with Crippen LogP contribution in [0.4, 0.5) is 15.8 Å². The van der Waals surface area contributed by atoms with Crippen LogP contribution in [0.3, 0.4) is 0 Å². The molecule has 2 N–H and O–H groups in total. The van der Waals surface area contributed by atoms with E-state index >= 15 is 0 Å². The van der Waals surface area contributed by atoms with Crippen LogP contribution >= 0.6 is 0 Å². The minimum Gasteiger partial charge on any atom is -0.399 e. The lowest BCUT2D eigenvalue weighted by Crippen LogP contribution is -2.31. The third-order valence-electron chi connectivity index (χ3n) is 3.05. The van der Waals surface area contributed by atoms with Crippen LogP contribution in [0, 0.1) is 5.82 Å². The van der Waals surface area contributed by atoms with Gasteiger partial charge in [-0.1, -0.05) is 18.2 Å². The Morgan fingerprint density at radius 2 is 1.81 bits per heavy atom. The number of anilines is 2. The summed E-state index contributed by atoms with van der Waals surface area (Å²) < 4.78 is 39.5. The highest BCUT2D eigenvalue weighted by Gasteiger charge is 2.21. The van der Waals surface area contributed by atoms with E-state index in [1.54, 1.807) is 37.3 Å². The van der Waals surface area contributed by atoms with Crippen LogP contribution in [-0.4, -0.2) is 15.0 Å². The molecule has 0 aromatic heterocycles. The molecule has 0 saturated carbocycles. The SMILES string of the molecule is CCN(c1cccc(F)c1)S(=O)(=O)Cc1ccc(N)cc1. The van der Waals surface area contributed by atoms with Gasteiger partial charge in [-0.15, -0.1) is 0 Å². The standard InChI is InChI=1S/C15H17FN2O2S/c1-2-18(15-5-3-4-13(16)10-15)21(19,20)11-12-6-8-14(17)9-7-12/h3-10H,2,11,17H2,1H3. The molecule has 2 aromatic rings. The normalized spacial score (nSPS) is 11.3. The highest BCUT2D eigenvalue weighted by Crippen LogP contribution is 2.21. The van der Waals surface area contributed by atoms with E-state index in [4.69, 9.17) is 5.73 Å². The van der Waals surface area contributed by atoms with Crippen molar-refractivity contribution >= 4 is 21.4 Å². The molecule has 112 valence electrons. The Kier molecular flexibility index (Phi) is 4.47. The van der Waals surface area contributed by atoms with Gasteiger partial charge in [0.25, 0.3) is 0 Å². The largest absolute Gasteiger partial charge is 0.399 e. The molecule has 0 unspecified atom stereocenters. The Labute approximate surface area is 124 Å². The Morgan fingerprint density at radius 3 is 2.38 bits per heavy atom. The van der Waals surface area contributed by atoms with Crippen LogP contribution in [-0.2, 0) is 15.8 Å². The number of benzene rings is 2. The lowest BCUT2D eigenvalue weighted by molar-refractivity contribution is 0.590.